The lowest BCUT2D eigenvalue weighted by Crippen LogP contribution is -2.40. The summed E-state index contributed by atoms with van der Waals surface area (Å²) in [6, 6.07) is 5.37. The number of hydrogen-bond donors (Lipinski definition) is 1. The Morgan fingerprint density at radius 3 is 2.54 bits per heavy atom. The summed E-state index contributed by atoms with van der Waals surface area (Å²) in [4.78, 5) is 26.4. The van der Waals surface area contributed by atoms with E-state index < -0.39 is 0 Å². The minimum Gasteiger partial charge on any atom is -0.497 e. The monoisotopic (exact) mass is 334 g/mol. The minimum absolute atomic E-state index is 0.0751. The molecule has 1 heterocycles. The summed E-state index contributed by atoms with van der Waals surface area (Å²) in [6.45, 7) is 6.43. The molecule has 2 amide bonds. The second-order valence-corrected chi connectivity index (χ2v) is 6.48. The fourth-order valence-corrected chi connectivity index (χ4v) is 2.63. The van der Waals surface area contributed by atoms with Crippen LogP contribution in [-0.2, 0) is 9.59 Å². The lowest BCUT2D eigenvalue weighted by Gasteiger charge is -2.22. The minimum atomic E-state index is -0.352. The number of benzene rings is 1. The Morgan fingerprint density at radius 2 is 1.96 bits per heavy atom. The van der Waals surface area contributed by atoms with Gasteiger partial charge < -0.3 is 19.7 Å². The highest BCUT2D eigenvalue weighted by molar-refractivity contribution is 6.01. The summed E-state index contributed by atoms with van der Waals surface area (Å²) < 4.78 is 10.6. The van der Waals surface area contributed by atoms with Gasteiger partial charge in [-0.1, -0.05) is 13.8 Å². The van der Waals surface area contributed by atoms with Crippen LogP contribution in [0.25, 0.3) is 0 Å². The lowest BCUT2D eigenvalue weighted by molar-refractivity contribution is -0.127. The molecule has 0 radical (unpaired) electrons. The van der Waals surface area contributed by atoms with E-state index in [1.165, 1.54) is 0 Å². The molecule has 1 N–H and O–H groups in total. The molecule has 0 spiro atoms. The van der Waals surface area contributed by atoms with E-state index in [1.54, 1.807) is 37.3 Å². The Bertz CT molecular complexity index is 615. The van der Waals surface area contributed by atoms with E-state index in [0.717, 1.165) is 0 Å². The largest absolute Gasteiger partial charge is 0.497 e. The Labute approximate surface area is 143 Å². The molecule has 0 bridgehead atoms. The molecule has 6 nitrogen and oxygen atoms in total. The van der Waals surface area contributed by atoms with Gasteiger partial charge in [0.25, 0.3) is 0 Å². The van der Waals surface area contributed by atoms with Gasteiger partial charge in [0.1, 0.15) is 11.5 Å². The maximum atomic E-state index is 12.4. The molecule has 0 aromatic heterocycles. The quantitative estimate of drug-likeness (QED) is 0.866. The number of methoxy groups -OCH3 is 2. The molecule has 0 aliphatic carbocycles. The maximum absolute atomic E-state index is 12.4. The Balaban J connectivity index is 2.17. The second kappa shape index (κ2) is 7.55. The van der Waals surface area contributed by atoms with Crippen molar-refractivity contribution < 1.29 is 19.1 Å². The molecule has 6 heteroatoms. The van der Waals surface area contributed by atoms with Crippen molar-refractivity contribution in [3.8, 4) is 11.5 Å². The van der Waals surface area contributed by atoms with Crippen LogP contribution in [0, 0.1) is 11.8 Å². The van der Waals surface area contributed by atoms with Gasteiger partial charge in [-0.2, -0.15) is 0 Å². The number of carbonyl (C=O) groups excluding carboxylic acids is 2. The van der Waals surface area contributed by atoms with Crippen molar-refractivity contribution in [2.75, 3.05) is 25.7 Å². The summed E-state index contributed by atoms with van der Waals surface area (Å²) >= 11 is 0. The number of carbonyl (C=O) groups is 2. The number of hydrogen-bond acceptors (Lipinski definition) is 4. The molecule has 2 rings (SSSR count). The van der Waals surface area contributed by atoms with Crippen LogP contribution in [0.4, 0.5) is 5.69 Å². The molecule has 1 fully saturated rings. The number of rotatable bonds is 6. The van der Waals surface area contributed by atoms with E-state index in [4.69, 9.17) is 9.47 Å². The van der Waals surface area contributed by atoms with Crippen molar-refractivity contribution >= 4 is 17.5 Å². The summed E-state index contributed by atoms with van der Waals surface area (Å²) in [5, 5.41) is 2.99. The van der Waals surface area contributed by atoms with Crippen LogP contribution in [0.3, 0.4) is 0 Å². The highest BCUT2D eigenvalue weighted by Crippen LogP contribution is 2.36. The van der Waals surface area contributed by atoms with Crippen LogP contribution < -0.4 is 19.7 Å². The molecule has 0 saturated carbocycles. The fourth-order valence-electron chi connectivity index (χ4n) is 2.63. The van der Waals surface area contributed by atoms with E-state index >= 15 is 0 Å². The third kappa shape index (κ3) is 3.80. The Hall–Kier alpha value is -2.24. The first-order valence-corrected chi connectivity index (χ1v) is 8.20. The van der Waals surface area contributed by atoms with E-state index in [2.05, 4.69) is 19.2 Å². The van der Waals surface area contributed by atoms with Crippen LogP contribution in [0.2, 0.25) is 0 Å². The van der Waals surface area contributed by atoms with Gasteiger partial charge in [-0.05, 0) is 25.0 Å². The molecule has 1 aliphatic heterocycles. The number of amides is 2. The highest BCUT2D eigenvalue weighted by Gasteiger charge is 2.36. The molecule has 24 heavy (non-hydrogen) atoms. The third-order valence-corrected chi connectivity index (χ3v) is 4.54. The Kier molecular flexibility index (Phi) is 5.70. The van der Waals surface area contributed by atoms with Gasteiger partial charge >= 0.3 is 0 Å². The van der Waals surface area contributed by atoms with Crippen LogP contribution in [-0.4, -0.2) is 38.6 Å². The van der Waals surface area contributed by atoms with Crippen LogP contribution >= 0.6 is 0 Å². The SMILES string of the molecule is COc1ccc(OC)c(N2CC(C(=O)NC(C)C(C)C)CC2=O)c1. The zero-order valence-electron chi connectivity index (χ0n) is 15.0. The summed E-state index contributed by atoms with van der Waals surface area (Å²) in [5.74, 6) is 1.06. The predicted molar refractivity (Wildman–Crippen MR) is 92.4 cm³/mol. The van der Waals surface area contributed by atoms with Crippen molar-refractivity contribution in [1.82, 2.24) is 5.32 Å². The van der Waals surface area contributed by atoms with E-state index in [0.29, 0.717) is 29.6 Å². The van der Waals surface area contributed by atoms with Gasteiger partial charge in [0.05, 0.1) is 25.8 Å². The molecular weight excluding hydrogens is 308 g/mol. The number of anilines is 1. The average molecular weight is 334 g/mol. The molecule has 132 valence electrons. The van der Waals surface area contributed by atoms with Gasteiger partial charge in [-0.15, -0.1) is 0 Å². The zero-order valence-corrected chi connectivity index (χ0v) is 15.0. The second-order valence-electron chi connectivity index (χ2n) is 6.48. The molecule has 1 saturated heterocycles. The van der Waals surface area contributed by atoms with Crippen LogP contribution in [0.15, 0.2) is 18.2 Å². The van der Waals surface area contributed by atoms with Gasteiger partial charge in [0.2, 0.25) is 11.8 Å². The number of nitrogens with one attached hydrogen (secondary N) is 1. The first-order chi connectivity index (χ1) is 11.4. The van der Waals surface area contributed by atoms with Crippen molar-refractivity contribution in [2.24, 2.45) is 11.8 Å². The number of ether oxygens (including phenoxy) is 2. The van der Waals surface area contributed by atoms with E-state index in [9.17, 15) is 9.59 Å². The smallest absolute Gasteiger partial charge is 0.227 e. The van der Waals surface area contributed by atoms with Gasteiger partial charge in [-0.3, -0.25) is 9.59 Å². The maximum Gasteiger partial charge on any atom is 0.227 e. The van der Waals surface area contributed by atoms with E-state index in [-0.39, 0.29) is 30.2 Å². The molecule has 1 aliphatic rings. The van der Waals surface area contributed by atoms with Crippen molar-refractivity contribution in [2.45, 2.75) is 33.2 Å². The summed E-state index contributed by atoms with van der Waals surface area (Å²) in [6.07, 6.45) is 0.205. The predicted octanol–water partition coefficient (Wildman–Crippen LogP) is 2.22. The highest BCUT2D eigenvalue weighted by atomic mass is 16.5. The third-order valence-electron chi connectivity index (χ3n) is 4.54. The standard InChI is InChI=1S/C18H26N2O4/c1-11(2)12(3)19-18(22)13-8-17(21)20(10-13)15-9-14(23-4)6-7-16(15)24-5/h6-7,9,11-13H,8,10H2,1-5H3,(H,19,22). The molecule has 1 aromatic rings. The molecule has 2 unspecified atom stereocenters. The molecule has 2 atom stereocenters. The lowest BCUT2D eigenvalue weighted by atomic mass is 10.0. The average Bonchev–Trinajstić information content (AvgIpc) is 2.95. The van der Waals surface area contributed by atoms with Crippen molar-refractivity contribution in [1.29, 1.82) is 0 Å². The van der Waals surface area contributed by atoms with Gasteiger partial charge in [0, 0.05) is 25.1 Å². The zero-order chi connectivity index (χ0) is 17.9. The fraction of sp³-hybridized carbons (Fsp3) is 0.556. The Morgan fingerprint density at radius 1 is 1.25 bits per heavy atom. The molecular formula is C18H26N2O4. The first-order valence-electron chi connectivity index (χ1n) is 8.20. The van der Waals surface area contributed by atoms with Gasteiger partial charge in [-0.25, -0.2) is 0 Å². The van der Waals surface area contributed by atoms with Crippen LogP contribution in [0.1, 0.15) is 27.2 Å². The topological polar surface area (TPSA) is 67.9 Å². The van der Waals surface area contributed by atoms with Crippen molar-refractivity contribution in [3.05, 3.63) is 18.2 Å². The van der Waals surface area contributed by atoms with Crippen LogP contribution in [0.5, 0.6) is 11.5 Å². The summed E-state index contributed by atoms with van der Waals surface area (Å²) in [5.41, 5.74) is 0.633. The van der Waals surface area contributed by atoms with Gasteiger partial charge in [0.15, 0.2) is 0 Å². The van der Waals surface area contributed by atoms with E-state index in [1.807, 2.05) is 6.92 Å². The molecule has 1 aromatic carbocycles. The number of nitrogens with zero attached hydrogens (tertiary/aromatic N) is 1. The first kappa shape index (κ1) is 18.1. The normalized spacial score (nSPS) is 18.7. The summed E-state index contributed by atoms with van der Waals surface area (Å²) in [7, 11) is 3.13. The van der Waals surface area contributed by atoms with Crippen molar-refractivity contribution in [3.63, 3.8) is 0 Å².